The third kappa shape index (κ3) is 3.69. The summed E-state index contributed by atoms with van der Waals surface area (Å²) in [5, 5.41) is 10.7. The molecule has 2 aromatic carbocycles. The number of carboxylic acids is 1. The molecule has 1 N–H and O–H groups in total. The number of carbonyl (C=O) groups is 1. The van der Waals surface area contributed by atoms with Crippen molar-refractivity contribution in [3.63, 3.8) is 0 Å². The Hall–Kier alpha value is -2.94. The molecule has 3 nitrogen and oxygen atoms in total. The maximum absolute atomic E-state index is 12.1. The molecule has 0 spiro atoms. The molecule has 1 aliphatic carbocycles. The van der Waals surface area contributed by atoms with Crippen LogP contribution in [0.15, 0.2) is 48.5 Å². The lowest BCUT2D eigenvalue weighted by Crippen LogP contribution is -2.17. The van der Waals surface area contributed by atoms with Crippen LogP contribution in [0.2, 0.25) is 0 Å². The highest BCUT2D eigenvalue weighted by Crippen LogP contribution is 2.38. The summed E-state index contributed by atoms with van der Waals surface area (Å²) in [6.45, 7) is 8.81. The highest BCUT2D eigenvalue weighted by Gasteiger charge is 2.27. The van der Waals surface area contributed by atoms with Gasteiger partial charge in [0.25, 0.3) is 0 Å². The van der Waals surface area contributed by atoms with Gasteiger partial charge < -0.3 is 5.11 Å². The molecule has 0 aliphatic heterocycles. The van der Waals surface area contributed by atoms with Gasteiger partial charge in [-0.1, -0.05) is 70.2 Å². The smallest absolute Gasteiger partial charge is 0.336 e. The maximum atomic E-state index is 12.1. The summed E-state index contributed by atoms with van der Waals surface area (Å²) >= 11 is 0. The Balaban J connectivity index is 1.88. The number of carboxylic acid groups (broad SMARTS) is 1. The van der Waals surface area contributed by atoms with E-state index in [2.05, 4.69) is 58.0 Å². The fraction of sp³-hybridized carbons (Fsp3) is 0.308. The summed E-state index contributed by atoms with van der Waals surface area (Å²) in [5.74, 6) is -0.494. The number of hydrogen-bond donors (Lipinski definition) is 1. The Morgan fingerprint density at radius 3 is 2.41 bits per heavy atom. The summed E-state index contributed by atoms with van der Waals surface area (Å²) in [5.41, 5.74) is 6.53. The zero-order valence-corrected chi connectivity index (χ0v) is 17.5. The Labute approximate surface area is 172 Å². The molecule has 4 rings (SSSR count). The number of benzene rings is 2. The number of hydrogen-bond acceptors (Lipinski definition) is 2. The van der Waals surface area contributed by atoms with Crippen LogP contribution in [-0.2, 0) is 11.8 Å². The second-order valence-corrected chi connectivity index (χ2v) is 9.19. The van der Waals surface area contributed by atoms with E-state index in [-0.39, 0.29) is 5.41 Å². The highest BCUT2D eigenvalue weighted by molar-refractivity contribution is 6.05. The third-order valence-corrected chi connectivity index (χ3v) is 5.75. The molecule has 0 saturated heterocycles. The molecular formula is C26H27NO2. The average Bonchev–Trinajstić information content (AvgIpc) is 2.66. The molecular weight excluding hydrogens is 358 g/mol. The van der Waals surface area contributed by atoms with Crippen molar-refractivity contribution in [3.05, 3.63) is 76.5 Å². The number of rotatable bonds is 2. The van der Waals surface area contributed by atoms with E-state index in [0.29, 0.717) is 11.5 Å². The van der Waals surface area contributed by atoms with Crippen LogP contribution in [0.5, 0.6) is 0 Å². The first-order valence-electron chi connectivity index (χ1n) is 10.2. The molecule has 1 aromatic heterocycles. The molecule has 3 aromatic rings. The number of allylic oxidation sites excluding steroid dienone is 1. The number of pyridine rings is 1. The number of nitrogens with zero attached hydrogens (tertiary/aromatic N) is 1. The van der Waals surface area contributed by atoms with Crippen LogP contribution >= 0.6 is 0 Å². The largest absolute Gasteiger partial charge is 0.478 e. The second kappa shape index (κ2) is 7.14. The highest BCUT2D eigenvalue weighted by atomic mass is 16.4. The van der Waals surface area contributed by atoms with Crippen LogP contribution < -0.4 is 0 Å². The Morgan fingerprint density at radius 1 is 1.07 bits per heavy atom. The van der Waals surface area contributed by atoms with Crippen molar-refractivity contribution in [2.24, 2.45) is 5.92 Å². The van der Waals surface area contributed by atoms with Crippen molar-refractivity contribution in [3.8, 4) is 0 Å². The standard InChI is InChI=1S/C26H27NO2/c1-16-13-18(15-17-9-11-19(12-10-17)26(2,3)4)24-21(14-16)23(25(28)29)20-7-5-6-8-22(20)27-24/h5-12,15-16H,13-14H2,1-4H3,(H,28,29). The van der Waals surface area contributed by atoms with Crippen LogP contribution in [0.4, 0.5) is 0 Å². The first-order valence-corrected chi connectivity index (χ1v) is 10.2. The van der Waals surface area contributed by atoms with Gasteiger partial charge in [-0.25, -0.2) is 9.78 Å². The first-order chi connectivity index (χ1) is 13.7. The zero-order valence-electron chi connectivity index (χ0n) is 17.5. The van der Waals surface area contributed by atoms with E-state index in [9.17, 15) is 9.90 Å². The topological polar surface area (TPSA) is 50.2 Å². The van der Waals surface area contributed by atoms with E-state index in [1.165, 1.54) is 5.56 Å². The number of aromatic nitrogens is 1. The Bertz CT molecular complexity index is 1120. The van der Waals surface area contributed by atoms with Gasteiger partial charge in [-0.2, -0.15) is 0 Å². The Morgan fingerprint density at radius 2 is 1.76 bits per heavy atom. The lowest BCUT2D eigenvalue weighted by molar-refractivity contribution is 0.0697. The van der Waals surface area contributed by atoms with Crippen LogP contribution in [0.25, 0.3) is 22.6 Å². The lowest BCUT2D eigenvalue weighted by Gasteiger charge is -2.26. The van der Waals surface area contributed by atoms with Crippen molar-refractivity contribution in [2.45, 2.75) is 46.0 Å². The van der Waals surface area contributed by atoms with Gasteiger partial charge in [0.1, 0.15) is 0 Å². The predicted molar refractivity (Wildman–Crippen MR) is 119 cm³/mol. The average molecular weight is 386 g/mol. The monoisotopic (exact) mass is 385 g/mol. The molecule has 0 fully saturated rings. The number of para-hydroxylation sites is 1. The van der Waals surface area contributed by atoms with Gasteiger partial charge in [0, 0.05) is 5.39 Å². The van der Waals surface area contributed by atoms with Crippen molar-refractivity contribution in [1.82, 2.24) is 4.98 Å². The molecule has 0 bridgehead atoms. The van der Waals surface area contributed by atoms with Gasteiger partial charge in [-0.15, -0.1) is 0 Å². The molecule has 1 atom stereocenters. The lowest BCUT2D eigenvalue weighted by atomic mass is 9.80. The fourth-order valence-electron chi connectivity index (χ4n) is 4.26. The van der Waals surface area contributed by atoms with Crippen LogP contribution in [0.1, 0.15) is 66.9 Å². The van der Waals surface area contributed by atoms with Gasteiger partial charge in [0.05, 0.1) is 16.8 Å². The molecule has 29 heavy (non-hydrogen) atoms. The third-order valence-electron chi connectivity index (χ3n) is 5.75. The SMILES string of the molecule is CC1CC(=Cc2ccc(C(C)(C)C)cc2)c2nc3ccccc3c(C(=O)O)c2C1. The molecule has 148 valence electrons. The summed E-state index contributed by atoms with van der Waals surface area (Å²) in [6, 6.07) is 16.2. The van der Waals surface area contributed by atoms with Crippen LogP contribution in [0, 0.1) is 5.92 Å². The van der Waals surface area contributed by atoms with Gasteiger partial charge >= 0.3 is 5.97 Å². The Kier molecular flexibility index (Phi) is 4.77. The first kappa shape index (κ1) is 19.4. The van der Waals surface area contributed by atoms with Crippen molar-refractivity contribution in [2.75, 3.05) is 0 Å². The van der Waals surface area contributed by atoms with E-state index < -0.39 is 5.97 Å². The molecule has 0 saturated carbocycles. The molecule has 0 amide bonds. The van der Waals surface area contributed by atoms with Crippen molar-refractivity contribution >= 4 is 28.5 Å². The van der Waals surface area contributed by atoms with Crippen molar-refractivity contribution in [1.29, 1.82) is 0 Å². The minimum absolute atomic E-state index is 0.120. The normalized spacial score (nSPS) is 18.1. The minimum atomic E-state index is -0.872. The molecule has 0 radical (unpaired) electrons. The summed E-state index contributed by atoms with van der Waals surface area (Å²) in [4.78, 5) is 17.0. The minimum Gasteiger partial charge on any atom is -0.478 e. The van der Waals surface area contributed by atoms with Crippen molar-refractivity contribution < 1.29 is 9.90 Å². The fourth-order valence-corrected chi connectivity index (χ4v) is 4.26. The van der Waals surface area contributed by atoms with Gasteiger partial charge in [-0.05, 0) is 58.6 Å². The predicted octanol–water partition coefficient (Wildman–Crippen LogP) is 6.35. The van der Waals surface area contributed by atoms with Crippen LogP contribution in [-0.4, -0.2) is 16.1 Å². The summed E-state index contributed by atoms with van der Waals surface area (Å²) < 4.78 is 0. The zero-order chi connectivity index (χ0) is 20.8. The summed E-state index contributed by atoms with van der Waals surface area (Å²) in [7, 11) is 0. The molecule has 1 unspecified atom stereocenters. The number of aromatic carboxylic acids is 1. The van der Waals surface area contributed by atoms with E-state index in [0.717, 1.165) is 46.1 Å². The van der Waals surface area contributed by atoms with E-state index in [1.54, 1.807) is 0 Å². The van der Waals surface area contributed by atoms with E-state index in [4.69, 9.17) is 4.98 Å². The second-order valence-electron chi connectivity index (χ2n) is 9.19. The van der Waals surface area contributed by atoms with E-state index in [1.807, 2.05) is 24.3 Å². The van der Waals surface area contributed by atoms with Gasteiger partial charge in [0.2, 0.25) is 0 Å². The molecule has 3 heteroatoms. The molecule has 1 aliphatic rings. The van der Waals surface area contributed by atoms with Gasteiger partial charge in [-0.3, -0.25) is 0 Å². The quantitative estimate of drug-likeness (QED) is 0.559. The molecule has 1 heterocycles. The van der Waals surface area contributed by atoms with Crippen LogP contribution in [0.3, 0.4) is 0 Å². The maximum Gasteiger partial charge on any atom is 0.336 e. The number of fused-ring (bicyclic) bond motifs is 2. The van der Waals surface area contributed by atoms with E-state index >= 15 is 0 Å². The summed E-state index contributed by atoms with van der Waals surface area (Å²) in [6.07, 6.45) is 3.82. The van der Waals surface area contributed by atoms with Gasteiger partial charge in [0.15, 0.2) is 0 Å².